The molecule has 0 aromatic carbocycles. The Kier molecular flexibility index (Phi) is 11.1. The van der Waals surface area contributed by atoms with Crippen LogP contribution in [0.15, 0.2) is 0 Å². The van der Waals surface area contributed by atoms with Crippen molar-refractivity contribution in [3.8, 4) is 0 Å². The van der Waals surface area contributed by atoms with Gasteiger partial charge in [-0.25, -0.2) is 0 Å². The van der Waals surface area contributed by atoms with Gasteiger partial charge in [-0.05, 0) is 12.8 Å². The van der Waals surface area contributed by atoms with Crippen molar-refractivity contribution in [1.29, 1.82) is 0 Å². The first-order valence-corrected chi connectivity index (χ1v) is 3.69. The fraction of sp³-hybridized carbons (Fsp3) is 1.00. The lowest BCUT2D eigenvalue weighted by Gasteiger charge is -1.96. The second-order valence-corrected chi connectivity index (χ2v) is 3.18. The third kappa shape index (κ3) is 7.08. The highest BCUT2D eigenvalue weighted by molar-refractivity contribution is 14.1. The van der Waals surface area contributed by atoms with Gasteiger partial charge in [-0.15, -0.1) is 0 Å². The smallest absolute Gasteiger partial charge is 0.0104 e. The summed E-state index contributed by atoms with van der Waals surface area (Å²) in [6.07, 6.45) is 2.63. The molecule has 0 aliphatic rings. The largest absolute Gasteiger partial charge is 0.197 e. The van der Waals surface area contributed by atoms with E-state index in [1.807, 2.05) is 0 Å². The van der Waals surface area contributed by atoms with Gasteiger partial charge in [0.2, 0.25) is 0 Å². The van der Waals surface area contributed by atoms with Crippen LogP contribution in [0, 0.1) is 0 Å². The van der Waals surface area contributed by atoms with Gasteiger partial charge in [-0.2, -0.15) is 13.5 Å². The minimum atomic E-state index is 0. The molecule has 0 aliphatic heterocycles. The molecule has 0 aliphatic carbocycles. The molecule has 0 saturated heterocycles. The molecule has 0 bridgehead atoms. The van der Waals surface area contributed by atoms with Crippen molar-refractivity contribution < 1.29 is 0 Å². The number of hydrogen-bond acceptors (Lipinski definition) is 0. The lowest BCUT2D eigenvalue weighted by atomic mass is 10.3. The van der Waals surface area contributed by atoms with E-state index in [2.05, 4.69) is 36.4 Å². The lowest BCUT2D eigenvalue weighted by Crippen LogP contribution is -1.88. The number of alkyl halides is 1. The van der Waals surface area contributed by atoms with Gasteiger partial charge in [0.05, 0.1) is 0 Å². The van der Waals surface area contributed by atoms with Gasteiger partial charge in [0.25, 0.3) is 0 Å². The van der Waals surface area contributed by atoms with Gasteiger partial charge in [0.15, 0.2) is 0 Å². The maximum Gasteiger partial charge on any atom is 0.0104 e. The quantitative estimate of drug-likeness (QED) is 0.507. The van der Waals surface area contributed by atoms with Crippen molar-refractivity contribution in [3.63, 3.8) is 0 Å². The molecule has 0 saturated carbocycles. The highest BCUT2D eigenvalue weighted by atomic mass is 127. The molecular formula is C5H13IS. The van der Waals surface area contributed by atoms with Gasteiger partial charge >= 0.3 is 0 Å². The Balaban J connectivity index is 0. The Morgan fingerprint density at radius 3 is 1.57 bits per heavy atom. The van der Waals surface area contributed by atoms with Crippen molar-refractivity contribution in [2.75, 3.05) is 0 Å². The first-order chi connectivity index (χ1) is 2.81. The molecule has 0 aromatic heterocycles. The molecule has 7 heavy (non-hydrogen) atoms. The van der Waals surface area contributed by atoms with Gasteiger partial charge in [0, 0.05) is 3.92 Å². The molecule has 0 radical (unpaired) electrons. The van der Waals surface area contributed by atoms with Crippen LogP contribution in [0.3, 0.4) is 0 Å². The van der Waals surface area contributed by atoms with E-state index in [0.29, 0.717) is 0 Å². The van der Waals surface area contributed by atoms with Crippen molar-refractivity contribution >= 4 is 36.1 Å². The summed E-state index contributed by atoms with van der Waals surface area (Å²) in [5.74, 6) is 0. The van der Waals surface area contributed by atoms with E-state index in [0.717, 1.165) is 3.92 Å². The zero-order chi connectivity index (χ0) is 4.99. The number of hydrogen-bond donors (Lipinski definition) is 0. The molecule has 0 heterocycles. The van der Waals surface area contributed by atoms with Crippen molar-refractivity contribution in [1.82, 2.24) is 0 Å². The zero-order valence-corrected chi connectivity index (χ0v) is 8.03. The predicted octanol–water partition coefficient (Wildman–Crippen LogP) is 2.72. The molecule has 2 heteroatoms. The van der Waals surface area contributed by atoms with E-state index in [1.54, 1.807) is 0 Å². The predicted molar refractivity (Wildman–Crippen MR) is 48.8 cm³/mol. The molecular weight excluding hydrogens is 219 g/mol. The minimum Gasteiger partial charge on any atom is -0.197 e. The Hall–Kier alpha value is 1.08. The maximum absolute atomic E-state index is 2.47. The fourth-order valence-corrected chi connectivity index (χ4v) is 0.289. The Morgan fingerprint density at radius 2 is 1.57 bits per heavy atom. The summed E-state index contributed by atoms with van der Waals surface area (Å²) < 4.78 is 0.905. The summed E-state index contributed by atoms with van der Waals surface area (Å²) in [5.41, 5.74) is 0. The van der Waals surface area contributed by atoms with E-state index in [9.17, 15) is 0 Å². The fourth-order valence-electron chi connectivity index (χ4n) is 0.289. The third-order valence-electron chi connectivity index (χ3n) is 0.886. The van der Waals surface area contributed by atoms with Crippen LogP contribution < -0.4 is 0 Å². The topological polar surface area (TPSA) is 0 Å². The van der Waals surface area contributed by atoms with Gasteiger partial charge in [-0.3, -0.25) is 0 Å². The van der Waals surface area contributed by atoms with Crippen LogP contribution >= 0.6 is 36.1 Å². The normalized spacial score (nSPS) is 8.57. The number of halogens is 1. The van der Waals surface area contributed by atoms with Gasteiger partial charge < -0.3 is 0 Å². The average Bonchev–Trinajstić information content (AvgIpc) is 1.65. The van der Waals surface area contributed by atoms with Crippen molar-refractivity contribution in [2.24, 2.45) is 0 Å². The van der Waals surface area contributed by atoms with Crippen LogP contribution in [0.2, 0.25) is 0 Å². The standard InChI is InChI=1S/C5H11I.H2S/c1-3-5(6)4-2;/h5H,3-4H2,1-2H3;1H2. The van der Waals surface area contributed by atoms with Crippen LogP contribution in [0.25, 0.3) is 0 Å². The second kappa shape index (κ2) is 7.08. The molecule has 0 unspecified atom stereocenters. The molecule has 0 fully saturated rings. The summed E-state index contributed by atoms with van der Waals surface area (Å²) in [6.45, 7) is 4.45. The van der Waals surface area contributed by atoms with Crippen molar-refractivity contribution in [3.05, 3.63) is 0 Å². The molecule has 46 valence electrons. The summed E-state index contributed by atoms with van der Waals surface area (Å²) in [4.78, 5) is 0. The SMILES string of the molecule is CCC(I)CC.S. The van der Waals surface area contributed by atoms with E-state index >= 15 is 0 Å². The first-order valence-electron chi connectivity index (χ1n) is 2.45. The first kappa shape index (κ1) is 11.0. The van der Waals surface area contributed by atoms with E-state index in [4.69, 9.17) is 0 Å². The Labute approximate surface area is 66.7 Å². The average molecular weight is 232 g/mol. The Bertz CT molecular complexity index is 27.3. The zero-order valence-electron chi connectivity index (χ0n) is 4.87. The second-order valence-electron chi connectivity index (χ2n) is 1.41. The highest BCUT2D eigenvalue weighted by Crippen LogP contribution is 2.07. The molecule has 0 aromatic rings. The van der Waals surface area contributed by atoms with Crippen LogP contribution in [0.5, 0.6) is 0 Å². The Morgan fingerprint density at radius 1 is 1.29 bits per heavy atom. The third-order valence-corrected chi connectivity index (χ3v) is 2.65. The number of rotatable bonds is 2. The van der Waals surface area contributed by atoms with Crippen molar-refractivity contribution in [2.45, 2.75) is 30.6 Å². The molecule has 0 nitrogen and oxygen atoms in total. The van der Waals surface area contributed by atoms with Gasteiger partial charge in [-0.1, -0.05) is 36.4 Å². The van der Waals surface area contributed by atoms with Crippen LogP contribution in [-0.4, -0.2) is 3.92 Å². The van der Waals surface area contributed by atoms with E-state index < -0.39 is 0 Å². The summed E-state index contributed by atoms with van der Waals surface area (Å²) in [5, 5.41) is 0. The highest BCUT2D eigenvalue weighted by Gasteiger charge is 1.91. The van der Waals surface area contributed by atoms with Crippen LogP contribution in [0.1, 0.15) is 26.7 Å². The lowest BCUT2D eigenvalue weighted by molar-refractivity contribution is 0.820. The molecule has 0 N–H and O–H groups in total. The summed E-state index contributed by atoms with van der Waals surface area (Å²) >= 11 is 2.47. The van der Waals surface area contributed by atoms with E-state index in [1.165, 1.54) is 12.8 Å². The van der Waals surface area contributed by atoms with E-state index in [-0.39, 0.29) is 13.5 Å². The molecule has 0 rings (SSSR count). The summed E-state index contributed by atoms with van der Waals surface area (Å²) in [7, 11) is 0. The maximum atomic E-state index is 2.47. The van der Waals surface area contributed by atoms with Gasteiger partial charge in [0.1, 0.15) is 0 Å². The molecule has 0 atom stereocenters. The van der Waals surface area contributed by atoms with Crippen LogP contribution in [-0.2, 0) is 0 Å². The minimum absolute atomic E-state index is 0. The van der Waals surface area contributed by atoms with Crippen LogP contribution in [0.4, 0.5) is 0 Å². The molecule has 0 amide bonds. The summed E-state index contributed by atoms with van der Waals surface area (Å²) in [6, 6.07) is 0. The monoisotopic (exact) mass is 232 g/mol. The molecule has 0 spiro atoms.